The largest absolute Gasteiger partial charge is 0.497 e. The van der Waals surface area contributed by atoms with Crippen molar-refractivity contribution in [3.05, 3.63) is 95.0 Å². The van der Waals surface area contributed by atoms with Crippen LogP contribution in [0.5, 0.6) is 5.75 Å². The highest BCUT2D eigenvalue weighted by Crippen LogP contribution is 2.28. The molecule has 0 bridgehead atoms. The molecule has 0 aliphatic rings. The molecule has 4 rings (SSSR count). The first kappa shape index (κ1) is 22.3. The highest BCUT2D eigenvalue weighted by Gasteiger charge is 2.23. The molecular weight excluding hydrogens is 440 g/mol. The minimum Gasteiger partial charge on any atom is -0.497 e. The summed E-state index contributed by atoms with van der Waals surface area (Å²) in [5.41, 5.74) is 3.10. The van der Waals surface area contributed by atoms with Gasteiger partial charge < -0.3 is 14.7 Å². The Labute approximate surface area is 196 Å². The number of rotatable bonds is 7. The minimum absolute atomic E-state index is 0.0688. The number of carboxylic acid groups (broad SMARTS) is 1. The zero-order valence-corrected chi connectivity index (χ0v) is 18.6. The van der Waals surface area contributed by atoms with Crippen LogP contribution in [-0.2, 0) is 11.3 Å². The summed E-state index contributed by atoms with van der Waals surface area (Å²) < 4.78 is 5.22. The van der Waals surface area contributed by atoms with Gasteiger partial charge in [0.15, 0.2) is 0 Å². The Morgan fingerprint density at radius 1 is 1.00 bits per heavy atom. The van der Waals surface area contributed by atoms with Gasteiger partial charge in [-0.3, -0.25) is 9.59 Å². The lowest BCUT2D eigenvalue weighted by molar-refractivity contribution is -0.137. The Balaban J connectivity index is 1.80. The van der Waals surface area contributed by atoms with Crippen LogP contribution < -0.4 is 4.74 Å². The maximum absolute atomic E-state index is 13.7. The predicted molar refractivity (Wildman–Crippen MR) is 128 cm³/mol. The smallest absolute Gasteiger partial charge is 0.323 e. The van der Waals surface area contributed by atoms with Crippen molar-refractivity contribution in [1.29, 1.82) is 0 Å². The zero-order chi connectivity index (χ0) is 23.4. The molecule has 7 heteroatoms. The number of carbonyl (C=O) groups is 2. The fraction of sp³-hybridized carbons (Fsp3) is 0.115. The maximum Gasteiger partial charge on any atom is 0.323 e. The number of halogens is 1. The third kappa shape index (κ3) is 4.96. The minimum atomic E-state index is -1.11. The lowest BCUT2D eigenvalue weighted by Gasteiger charge is -2.22. The number of amides is 1. The molecule has 4 aromatic rings. The summed E-state index contributed by atoms with van der Waals surface area (Å²) in [7, 11) is 1.59. The van der Waals surface area contributed by atoms with Gasteiger partial charge in [-0.1, -0.05) is 48.0 Å². The number of pyridine rings is 1. The average Bonchev–Trinajstić information content (AvgIpc) is 2.83. The first-order valence-corrected chi connectivity index (χ1v) is 10.6. The van der Waals surface area contributed by atoms with Crippen molar-refractivity contribution < 1.29 is 19.4 Å². The lowest BCUT2D eigenvalue weighted by atomic mass is 10.0. The summed E-state index contributed by atoms with van der Waals surface area (Å²) in [4.78, 5) is 31.2. The highest BCUT2D eigenvalue weighted by molar-refractivity contribution is 6.31. The summed E-state index contributed by atoms with van der Waals surface area (Å²) in [6.45, 7) is -0.391. The molecule has 0 saturated carbocycles. The number of aromatic nitrogens is 1. The zero-order valence-electron chi connectivity index (χ0n) is 17.9. The standard InChI is InChI=1S/C26H21ClN2O4/c1-33-19-12-10-17(11-13-19)24-14-21(20-7-3-5-9-23(20)28-24)26(32)29(16-25(30)31)15-18-6-2-4-8-22(18)27/h2-14H,15-16H2,1H3,(H,30,31). The molecule has 33 heavy (non-hydrogen) atoms. The molecule has 0 aliphatic heterocycles. The van der Waals surface area contributed by atoms with Gasteiger partial charge in [0.25, 0.3) is 5.91 Å². The summed E-state index contributed by atoms with van der Waals surface area (Å²) in [6, 6.07) is 23.5. The van der Waals surface area contributed by atoms with Crippen LogP contribution in [0.2, 0.25) is 5.02 Å². The van der Waals surface area contributed by atoms with E-state index >= 15 is 0 Å². The van der Waals surface area contributed by atoms with Crippen molar-refractivity contribution in [3.8, 4) is 17.0 Å². The molecule has 0 atom stereocenters. The van der Waals surface area contributed by atoms with Crippen molar-refractivity contribution in [2.24, 2.45) is 0 Å². The molecular formula is C26H21ClN2O4. The van der Waals surface area contributed by atoms with Gasteiger partial charge in [-0.25, -0.2) is 4.98 Å². The van der Waals surface area contributed by atoms with Gasteiger partial charge in [0.1, 0.15) is 12.3 Å². The Bertz CT molecular complexity index is 1320. The van der Waals surface area contributed by atoms with E-state index in [1.54, 1.807) is 37.4 Å². The molecule has 1 heterocycles. The normalized spacial score (nSPS) is 10.7. The SMILES string of the molecule is COc1ccc(-c2cc(C(=O)N(CC(=O)O)Cc3ccccc3Cl)c3ccccc3n2)cc1. The van der Waals surface area contributed by atoms with Crippen molar-refractivity contribution in [3.63, 3.8) is 0 Å². The van der Waals surface area contributed by atoms with Crippen molar-refractivity contribution in [2.45, 2.75) is 6.54 Å². The number of hydrogen-bond donors (Lipinski definition) is 1. The van der Waals surface area contributed by atoms with E-state index in [-0.39, 0.29) is 6.54 Å². The molecule has 3 aromatic carbocycles. The predicted octanol–water partition coefficient (Wildman–Crippen LogP) is 5.29. The number of nitrogens with zero attached hydrogens (tertiary/aromatic N) is 2. The molecule has 1 amide bonds. The number of hydrogen-bond acceptors (Lipinski definition) is 4. The second-order valence-corrected chi connectivity index (χ2v) is 7.85. The van der Waals surface area contributed by atoms with E-state index in [2.05, 4.69) is 0 Å². The van der Waals surface area contributed by atoms with Gasteiger partial charge in [-0.05, 0) is 48.0 Å². The first-order valence-electron chi connectivity index (χ1n) is 10.2. The second kappa shape index (κ2) is 9.71. The Hall–Kier alpha value is -3.90. The first-order chi connectivity index (χ1) is 16.0. The molecule has 0 saturated heterocycles. The highest BCUT2D eigenvalue weighted by atomic mass is 35.5. The van der Waals surface area contributed by atoms with Crippen LogP contribution in [0, 0.1) is 0 Å². The molecule has 6 nitrogen and oxygen atoms in total. The number of para-hydroxylation sites is 1. The van der Waals surface area contributed by atoms with E-state index in [4.69, 9.17) is 21.3 Å². The summed E-state index contributed by atoms with van der Waals surface area (Å²) >= 11 is 6.27. The second-order valence-electron chi connectivity index (χ2n) is 7.45. The van der Waals surface area contributed by atoms with Gasteiger partial charge in [0.05, 0.1) is 23.9 Å². The number of carboxylic acids is 1. The average molecular weight is 461 g/mol. The van der Waals surface area contributed by atoms with Gasteiger partial charge in [-0.15, -0.1) is 0 Å². The fourth-order valence-corrected chi connectivity index (χ4v) is 3.82. The van der Waals surface area contributed by atoms with Crippen LogP contribution in [0.25, 0.3) is 22.2 Å². The molecule has 0 aliphatic carbocycles. The Morgan fingerprint density at radius 3 is 2.39 bits per heavy atom. The van der Waals surface area contributed by atoms with Crippen LogP contribution in [0.3, 0.4) is 0 Å². The number of ether oxygens (including phenoxy) is 1. The van der Waals surface area contributed by atoms with Gasteiger partial charge in [-0.2, -0.15) is 0 Å². The Kier molecular flexibility index (Phi) is 6.56. The molecule has 166 valence electrons. The summed E-state index contributed by atoms with van der Waals surface area (Å²) in [6.07, 6.45) is 0. The van der Waals surface area contributed by atoms with Crippen LogP contribution >= 0.6 is 11.6 Å². The van der Waals surface area contributed by atoms with E-state index in [1.807, 2.05) is 48.5 Å². The maximum atomic E-state index is 13.7. The van der Waals surface area contributed by atoms with Crippen LogP contribution in [0.15, 0.2) is 78.9 Å². The fourth-order valence-electron chi connectivity index (χ4n) is 3.63. The monoisotopic (exact) mass is 460 g/mol. The number of aliphatic carboxylic acids is 1. The number of carbonyl (C=O) groups excluding carboxylic acids is 1. The van der Waals surface area contributed by atoms with Gasteiger partial charge >= 0.3 is 5.97 Å². The molecule has 0 spiro atoms. The van der Waals surface area contributed by atoms with Crippen LogP contribution in [0.1, 0.15) is 15.9 Å². The van der Waals surface area contributed by atoms with E-state index in [9.17, 15) is 14.7 Å². The van der Waals surface area contributed by atoms with Crippen molar-refractivity contribution >= 4 is 34.4 Å². The number of methoxy groups -OCH3 is 1. The van der Waals surface area contributed by atoms with E-state index < -0.39 is 18.4 Å². The third-order valence-electron chi connectivity index (χ3n) is 5.26. The topological polar surface area (TPSA) is 79.7 Å². The molecule has 0 radical (unpaired) electrons. The van der Waals surface area contributed by atoms with E-state index in [0.29, 0.717) is 38.5 Å². The van der Waals surface area contributed by atoms with Crippen molar-refractivity contribution in [1.82, 2.24) is 9.88 Å². The lowest BCUT2D eigenvalue weighted by Crippen LogP contribution is -2.35. The quantitative estimate of drug-likeness (QED) is 0.405. The molecule has 0 unspecified atom stereocenters. The number of benzene rings is 3. The van der Waals surface area contributed by atoms with Gasteiger partial charge in [0.2, 0.25) is 0 Å². The van der Waals surface area contributed by atoms with E-state index in [1.165, 1.54) is 4.90 Å². The summed E-state index contributed by atoms with van der Waals surface area (Å²) in [5, 5.41) is 10.6. The molecule has 0 fully saturated rings. The van der Waals surface area contributed by atoms with Crippen LogP contribution in [0.4, 0.5) is 0 Å². The van der Waals surface area contributed by atoms with Gasteiger partial charge in [0, 0.05) is 22.5 Å². The van der Waals surface area contributed by atoms with Crippen molar-refractivity contribution in [2.75, 3.05) is 13.7 Å². The summed E-state index contributed by atoms with van der Waals surface area (Å²) in [5.74, 6) is -0.807. The third-order valence-corrected chi connectivity index (χ3v) is 5.63. The molecule has 1 N–H and O–H groups in total. The number of fused-ring (bicyclic) bond motifs is 1. The Morgan fingerprint density at radius 2 is 1.70 bits per heavy atom. The van der Waals surface area contributed by atoms with E-state index in [0.717, 1.165) is 5.56 Å². The van der Waals surface area contributed by atoms with Crippen LogP contribution in [-0.4, -0.2) is 40.5 Å². The molecule has 1 aromatic heterocycles.